The lowest BCUT2D eigenvalue weighted by Gasteiger charge is -2.32. The maximum atomic E-state index is 12.2. The molecule has 0 aliphatic heterocycles. The lowest BCUT2D eigenvalue weighted by atomic mass is 9.92. The summed E-state index contributed by atoms with van der Waals surface area (Å²) in [5.41, 5.74) is -0.0588. The Bertz CT molecular complexity index is 206. The highest BCUT2D eigenvalue weighted by Crippen LogP contribution is 2.21. The summed E-state index contributed by atoms with van der Waals surface area (Å²) in [5, 5.41) is 4.09. The van der Waals surface area contributed by atoms with Gasteiger partial charge in [0.2, 0.25) is 5.91 Å². The normalized spacial score (nSPS) is 13.5. The Kier molecular flexibility index (Phi) is 8.93. The van der Waals surface area contributed by atoms with Crippen molar-refractivity contribution in [2.24, 2.45) is 5.92 Å². The second-order valence-corrected chi connectivity index (χ2v) is 5.42. The van der Waals surface area contributed by atoms with Gasteiger partial charge in [-0.1, -0.05) is 56.5 Å². The van der Waals surface area contributed by atoms with Crippen LogP contribution in [0.15, 0.2) is 0 Å². The van der Waals surface area contributed by atoms with E-state index in [0.717, 1.165) is 43.9 Å². The monoisotopic (exact) mass is 305 g/mol. The van der Waals surface area contributed by atoms with E-state index in [-0.39, 0.29) is 17.4 Å². The average molecular weight is 306 g/mol. The molecule has 0 aromatic heterocycles. The fourth-order valence-corrected chi connectivity index (χ4v) is 2.92. The summed E-state index contributed by atoms with van der Waals surface area (Å²) in [6, 6.07) is 0. The van der Waals surface area contributed by atoms with Gasteiger partial charge in [0.05, 0.1) is 0 Å². The van der Waals surface area contributed by atoms with E-state index in [1.54, 1.807) is 0 Å². The van der Waals surface area contributed by atoms with Gasteiger partial charge in [-0.15, -0.1) is 0 Å². The average Bonchev–Trinajstić information content (AvgIpc) is 2.37. The molecule has 0 spiro atoms. The third-order valence-corrected chi connectivity index (χ3v) is 4.84. The first-order valence-electron chi connectivity index (χ1n) is 6.97. The van der Waals surface area contributed by atoms with Crippen molar-refractivity contribution in [2.75, 3.05) is 5.33 Å². The molecule has 0 aromatic carbocycles. The van der Waals surface area contributed by atoms with Crippen LogP contribution in [0.25, 0.3) is 0 Å². The van der Waals surface area contributed by atoms with E-state index in [4.69, 9.17) is 0 Å². The molecule has 0 saturated heterocycles. The third-order valence-electron chi connectivity index (χ3n) is 3.77. The molecule has 0 heterocycles. The third kappa shape index (κ3) is 5.41. The smallest absolute Gasteiger partial charge is 0.223 e. The number of hydrogen-bond acceptors (Lipinski definition) is 1. The first-order chi connectivity index (χ1) is 8.09. The van der Waals surface area contributed by atoms with Crippen molar-refractivity contribution in [1.82, 2.24) is 5.32 Å². The summed E-state index contributed by atoms with van der Waals surface area (Å²) in [4.78, 5) is 12.2. The SMILES string of the molecule is CCCCC(CC)C(=O)NC(CC)(CC)CBr. The van der Waals surface area contributed by atoms with Crippen molar-refractivity contribution in [3.63, 3.8) is 0 Å². The molecule has 0 fully saturated rings. The van der Waals surface area contributed by atoms with E-state index in [1.807, 2.05) is 0 Å². The molecule has 102 valence electrons. The number of amides is 1. The molecule has 0 rings (SSSR count). The van der Waals surface area contributed by atoms with Crippen LogP contribution in [0.2, 0.25) is 0 Å². The lowest BCUT2D eigenvalue weighted by molar-refractivity contribution is -0.127. The van der Waals surface area contributed by atoms with Gasteiger partial charge in [-0.05, 0) is 25.7 Å². The van der Waals surface area contributed by atoms with Crippen LogP contribution in [0, 0.1) is 5.92 Å². The van der Waals surface area contributed by atoms with Gasteiger partial charge in [0.25, 0.3) is 0 Å². The fraction of sp³-hybridized carbons (Fsp3) is 0.929. The van der Waals surface area contributed by atoms with Crippen molar-refractivity contribution in [3.8, 4) is 0 Å². The highest BCUT2D eigenvalue weighted by molar-refractivity contribution is 9.09. The molecule has 0 radical (unpaired) electrons. The van der Waals surface area contributed by atoms with E-state index in [9.17, 15) is 4.79 Å². The number of unbranched alkanes of at least 4 members (excludes halogenated alkanes) is 1. The Labute approximate surface area is 115 Å². The van der Waals surface area contributed by atoms with Gasteiger partial charge in [-0.3, -0.25) is 4.79 Å². The number of alkyl halides is 1. The first-order valence-corrected chi connectivity index (χ1v) is 8.09. The Morgan fingerprint density at radius 3 is 2.18 bits per heavy atom. The summed E-state index contributed by atoms with van der Waals surface area (Å²) < 4.78 is 0. The maximum absolute atomic E-state index is 12.2. The Balaban J connectivity index is 4.46. The minimum absolute atomic E-state index is 0.0588. The molecule has 2 nitrogen and oxygen atoms in total. The summed E-state index contributed by atoms with van der Waals surface area (Å²) in [5.74, 6) is 0.426. The van der Waals surface area contributed by atoms with E-state index >= 15 is 0 Å². The zero-order valence-corrected chi connectivity index (χ0v) is 13.4. The maximum Gasteiger partial charge on any atom is 0.223 e. The number of hydrogen-bond donors (Lipinski definition) is 1. The topological polar surface area (TPSA) is 29.1 Å². The van der Waals surface area contributed by atoms with E-state index < -0.39 is 0 Å². The number of carbonyl (C=O) groups is 1. The number of carbonyl (C=O) groups excluding carboxylic acids is 1. The first kappa shape index (κ1) is 16.9. The van der Waals surface area contributed by atoms with E-state index in [2.05, 4.69) is 48.9 Å². The number of rotatable bonds is 9. The van der Waals surface area contributed by atoms with Gasteiger partial charge in [0.15, 0.2) is 0 Å². The molecule has 1 N–H and O–H groups in total. The van der Waals surface area contributed by atoms with Crippen molar-refractivity contribution in [3.05, 3.63) is 0 Å². The number of halogens is 1. The fourth-order valence-electron chi connectivity index (χ4n) is 1.98. The van der Waals surface area contributed by atoms with E-state index in [1.165, 1.54) is 0 Å². The highest BCUT2D eigenvalue weighted by atomic mass is 79.9. The summed E-state index contributed by atoms with van der Waals surface area (Å²) in [6.07, 6.45) is 6.22. The molecule has 1 unspecified atom stereocenters. The van der Waals surface area contributed by atoms with Gasteiger partial charge in [0.1, 0.15) is 0 Å². The predicted octanol–water partition coefficient (Wildman–Crippen LogP) is 4.27. The predicted molar refractivity (Wildman–Crippen MR) is 78.6 cm³/mol. The van der Waals surface area contributed by atoms with Gasteiger partial charge in [-0.2, -0.15) is 0 Å². The molecule has 0 bridgehead atoms. The second kappa shape index (κ2) is 8.96. The highest BCUT2D eigenvalue weighted by Gasteiger charge is 2.29. The van der Waals surface area contributed by atoms with Crippen LogP contribution in [0.5, 0.6) is 0 Å². The van der Waals surface area contributed by atoms with Crippen molar-refractivity contribution >= 4 is 21.8 Å². The Hall–Kier alpha value is -0.0500. The zero-order chi connectivity index (χ0) is 13.3. The molecule has 0 saturated carbocycles. The molecule has 3 heteroatoms. The second-order valence-electron chi connectivity index (χ2n) is 4.86. The molecular formula is C14H28BrNO. The quantitative estimate of drug-likeness (QED) is 0.633. The zero-order valence-electron chi connectivity index (χ0n) is 11.8. The van der Waals surface area contributed by atoms with Crippen LogP contribution < -0.4 is 5.32 Å². The Morgan fingerprint density at radius 1 is 1.24 bits per heavy atom. The van der Waals surface area contributed by atoms with Crippen LogP contribution in [0.4, 0.5) is 0 Å². The molecule has 0 aliphatic carbocycles. The van der Waals surface area contributed by atoms with Gasteiger partial charge < -0.3 is 5.32 Å². The van der Waals surface area contributed by atoms with Crippen molar-refractivity contribution in [2.45, 2.75) is 71.8 Å². The van der Waals surface area contributed by atoms with Crippen molar-refractivity contribution < 1.29 is 4.79 Å². The molecule has 0 aromatic rings. The minimum Gasteiger partial charge on any atom is -0.350 e. The Morgan fingerprint density at radius 2 is 1.82 bits per heavy atom. The van der Waals surface area contributed by atoms with Crippen LogP contribution >= 0.6 is 15.9 Å². The summed E-state index contributed by atoms with van der Waals surface area (Å²) in [7, 11) is 0. The van der Waals surface area contributed by atoms with Crippen LogP contribution in [0.1, 0.15) is 66.2 Å². The van der Waals surface area contributed by atoms with Crippen LogP contribution in [-0.2, 0) is 4.79 Å². The minimum atomic E-state index is -0.0588. The summed E-state index contributed by atoms with van der Waals surface area (Å²) in [6.45, 7) is 8.55. The standard InChI is InChI=1S/C14H28BrNO/c1-5-9-10-12(6-2)13(17)16-14(7-3,8-4)11-15/h12H,5-11H2,1-4H3,(H,16,17). The molecule has 1 amide bonds. The largest absolute Gasteiger partial charge is 0.350 e. The van der Waals surface area contributed by atoms with Gasteiger partial charge >= 0.3 is 0 Å². The van der Waals surface area contributed by atoms with Gasteiger partial charge in [0, 0.05) is 16.8 Å². The van der Waals surface area contributed by atoms with E-state index in [0.29, 0.717) is 0 Å². The lowest BCUT2D eigenvalue weighted by Crippen LogP contribution is -2.51. The van der Waals surface area contributed by atoms with Crippen molar-refractivity contribution in [1.29, 1.82) is 0 Å². The molecule has 17 heavy (non-hydrogen) atoms. The molecular weight excluding hydrogens is 278 g/mol. The van der Waals surface area contributed by atoms with Crippen LogP contribution in [-0.4, -0.2) is 16.8 Å². The number of nitrogens with one attached hydrogen (secondary N) is 1. The summed E-state index contributed by atoms with van der Waals surface area (Å²) >= 11 is 3.53. The van der Waals surface area contributed by atoms with Crippen LogP contribution in [0.3, 0.4) is 0 Å². The van der Waals surface area contributed by atoms with Gasteiger partial charge in [-0.25, -0.2) is 0 Å². The molecule has 0 aliphatic rings. The molecule has 1 atom stereocenters.